The average Bonchev–Trinajstić information content (AvgIpc) is 2.27. The Labute approximate surface area is 115 Å². The molecule has 0 saturated heterocycles. The highest BCUT2D eigenvalue weighted by atomic mass is 16.5. The van der Waals surface area contributed by atoms with Crippen molar-refractivity contribution in [3.8, 4) is 5.75 Å². The number of ether oxygens (including phenoxy) is 1. The Kier molecular flexibility index (Phi) is 5.40. The van der Waals surface area contributed by atoms with Crippen LogP contribution in [0.2, 0.25) is 0 Å². The van der Waals surface area contributed by atoms with Gasteiger partial charge in [-0.15, -0.1) is 0 Å². The number of carbonyl (C=O) groups excluding carboxylic acids is 1. The van der Waals surface area contributed by atoms with E-state index in [4.69, 9.17) is 4.74 Å². The fraction of sp³-hybridized carbons (Fsp3) is 0.562. The molecule has 0 bridgehead atoms. The van der Waals surface area contributed by atoms with Crippen LogP contribution >= 0.6 is 0 Å². The molecule has 1 N–H and O–H groups in total. The summed E-state index contributed by atoms with van der Waals surface area (Å²) < 4.78 is 5.23. The predicted molar refractivity (Wildman–Crippen MR) is 76.2 cm³/mol. The smallest absolute Gasteiger partial charge is 0.341 e. The van der Waals surface area contributed by atoms with Gasteiger partial charge in [0.1, 0.15) is 11.3 Å². The second-order valence-electron chi connectivity index (χ2n) is 6.17. The van der Waals surface area contributed by atoms with Crippen LogP contribution in [0, 0.1) is 11.3 Å². The molecule has 0 radical (unpaired) electrons. The zero-order valence-electron chi connectivity index (χ0n) is 12.3. The number of hydrogen-bond acceptors (Lipinski definition) is 3. The van der Waals surface area contributed by atoms with Crippen LogP contribution in [0.4, 0.5) is 0 Å². The molecular weight excluding hydrogens is 240 g/mol. The van der Waals surface area contributed by atoms with E-state index in [9.17, 15) is 9.90 Å². The maximum absolute atomic E-state index is 11.8. The third-order valence-electron chi connectivity index (χ3n) is 3.10. The molecular formula is C16H24O3. The molecule has 1 aromatic rings. The largest absolute Gasteiger partial charge is 0.507 e. The van der Waals surface area contributed by atoms with E-state index in [2.05, 4.69) is 27.7 Å². The van der Waals surface area contributed by atoms with Crippen LogP contribution in [0.1, 0.15) is 50.9 Å². The Morgan fingerprint density at radius 3 is 2.53 bits per heavy atom. The normalized spacial score (nSPS) is 11.6. The molecule has 0 fully saturated rings. The minimum atomic E-state index is -0.460. The first kappa shape index (κ1) is 15.5. The van der Waals surface area contributed by atoms with Gasteiger partial charge in [-0.1, -0.05) is 39.8 Å². The summed E-state index contributed by atoms with van der Waals surface area (Å²) in [7, 11) is 0. The minimum absolute atomic E-state index is 0.0334. The molecule has 106 valence electrons. The molecule has 1 aromatic carbocycles. The number of benzene rings is 1. The summed E-state index contributed by atoms with van der Waals surface area (Å²) in [6.45, 7) is 9.13. The van der Waals surface area contributed by atoms with Crippen LogP contribution in [0.25, 0.3) is 0 Å². The van der Waals surface area contributed by atoms with E-state index in [0.717, 1.165) is 12.8 Å². The van der Waals surface area contributed by atoms with Crippen molar-refractivity contribution < 1.29 is 14.6 Å². The van der Waals surface area contributed by atoms with Crippen LogP contribution in [-0.2, 0) is 4.74 Å². The van der Waals surface area contributed by atoms with Crippen LogP contribution in [0.3, 0.4) is 0 Å². The highest BCUT2D eigenvalue weighted by Gasteiger charge is 2.20. The molecule has 3 heteroatoms. The van der Waals surface area contributed by atoms with Crippen molar-refractivity contribution in [1.82, 2.24) is 0 Å². The zero-order valence-corrected chi connectivity index (χ0v) is 12.3. The second kappa shape index (κ2) is 6.60. The summed E-state index contributed by atoms with van der Waals surface area (Å²) in [5, 5.41) is 9.56. The third kappa shape index (κ3) is 5.33. The lowest BCUT2D eigenvalue weighted by Crippen LogP contribution is -2.18. The van der Waals surface area contributed by atoms with Crippen molar-refractivity contribution in [3.05, 3.63) is 29.8 Å². The van der Waals surface area contributed by atoms with Gasteiger partial charge in [-0.25, -0.2) is 4.79 Å². The molecule has 0 aliphatic rings. The summed E-state index contributed by atoms with van der Waals surface area (Å²) >= 11 is 0. The number of carbonyl (C=O) groups is 1. The summed E-state index contributed by atoms with van der Waals surface area (Å²) in [4.78, 5) is 11.8. The standard InChI is InChI=1S/C16H24O3/c1-12(2)11-16(3,4)9-10-19-15(18)13-7-5-6-8-14(13)17/h5-8,12,17H,9-11H2,1-4H3. The van der Waals surface area contributed by atoms with Crippen molar-refractivity contribution in [2.45, 2.75) is 40.5 Å². The summed E-state index contributed by atoms with van der Waals surface area (Å²) in [5.74, 6) is 0.135. The summed E-state index contributed by atoms with van der Waals surface area (Å²) in [5.41, 5.74) is 0.386. The van der Waals surface area contributed by atoms with E-state index in [0.29, 0.717) is 12.5 Å². The van der Waals surface area contributed by atoms with Crippen molar-refractivity contribution in [2.24, 2.45) is 11.3 Å². The molecule has 0 saturated carbocycles. The number of phenols is 1. The molecule has 0 heterocycles. The van der Waals surface area contributed by atoms with Gasteiger partial charge in [0.25, 0.3) is 0 Å². The van der Waals surface area contributed by atoms with Gasteiger partial charge in [0.15, 0.2) is 0 Å². The molecule has 0 aromatic heterocycles. The SMILES string of the molecule is CC(C)CC(C)(C)CCOC(=O)c1ccccc1O. The van der Waals surface area contributed by atoms with Gasteiger partial charge in [0, 0.05) is 0 Å². The molecule has 1 rings (SSSR count). The lowest BCUT2D eigenvalue weighted by molar-refractivity contribution is 0.0445. The van der Waals surface area contributed by atoms with Gasteiger partial charge in [-0.3, -0.25) is 0 Å². The van der Waals surface area contributed by atoms with E-state index in [-0.39, 0.29) is 16.7 Å². The fourth-order valence-electron chi connectivity index (χ4n) is 2.35. The Morgan fingerprint density at radius 1 is 1.32 bits per heavy atom. The van der Waals surface area contributed by atoms with Gasteiger partial charge in [-0.05, 0) is 36.3 Å². The Morgan fingerprint density at radius 2 is 1.95 bits per heavy atom. The Hall–Kier alpha value is -1.51. The molecule has 0 amide bonds. The van der Waals surface area contributed by atoms with E-state index >= 15 is 0 Å². The number of hydrogen-bond donors (Lipinski definition) is 1. The quantitative estimate of drug-likeness (QED) is 0.790. The van der Waals surface area contributed by atoms with E-state index in [1.54, 1.807) is 18.2 Å². The first-order chi connectivity index (χ1) is 8.82. The van der Waals surface area contributed by atoms with Crippen molar-refractivity contribution in [2.75, 3.05) is 6.61 Å². The van der Waals surface area contributed by atoms with E-state index in [1.807, 2.05) is 0 Å². The van der Waals surface area contributed by atoms with Gasteiger partial charge in [0.2, 0.25) is 0 Å². The molecule has 19 heavy (non-hydrogen) atoms. The van der Waals surface area contributed by atoms with E-state index < -0.39 is 5.97 Å². The van der Waals surface area contributed by atoms with Crippen LogP contribution < -0.4 is 0 Å². The van der Waals surface area contributed by atoms with Gasteiger partial charge >= 0.3 is 5.97 Å². The fourth-order valence-corrected chi connectivity index (χ4v) is 2.35. The number of aromatic hydroxyl groups is 1. The highest BCUT2D eigenvalue weighted by Crippen LogP contribution is 2.29. The van der Waals surface area contributed by atoms with E-state index in [1.165, 1.54) is 6.07 Å². The zero-order chi connectivity index (χ0) is 14.5. The van der Waals surface area contributed by atoms with Gasteiger partial charge in [-0.2, -0.15) is 0 Å². The van der Waals surface area contributed by atoms with Gasteiger partial charge < -0.3 is 9.84 Å². The first-order valence-electron chi connectivity index (χ1n) is 6.77. The number of rotatable bonds is 6. The molecule has 0 atom stereocenters. The topological polar surface area (TPSA) is 46.5 Å². The lowest BCUT2D eigenvalue weighted by Gasteiger charge is -2.26. The lowest BCUT2D eigenvalue weighted by atomic mass is 9.81. The number of esters is 1. The van der Waals surface area contributed by atoms with Crippen LogP contribution in [0.5, 0.6) is 5.75 Å². The Balaban J connectivity index is 2.46. The highest BCUT2D eigenvalue weighted by molar-refractivity contribution is 5.92. The van der Waals surface area contributed by atoms with Crippen molar-refractivity contribution in [3.63, 3.8) is 0 Å². The van der Waals surface area contributed by atoms with Crippen molar-refractivity contribution in [1.29, 1.82) is 0 Å². The van der Waals surface area contributed by atoms with Crippen molar-refractivity contribution >= 4 is 5.97 Å². The molecule has 0 spiro atoms. The summed E-state index contributed by atoms with van der Waals surface area (Å²) in [6.07, 6.45) is 1.92. The third-order valence-corrected chi connectivity index (χ3v) is 3.10. The maximum Gasteiger partial charge on any atom is 0.341 e. The second-order valence-corrected chi connectivity index (χ2v) is 6.17. The van der Waals surface area contributed by atoms with Crippen LogP contribution in [0.15, 0.2) is 24.3 Å². The predicted octanol–water partition coefficient (Wildman–Crippen LogP) is 4.01. The molecule has 3 nitrogen and oxygen atoms in total. The summed E-state index contributed by atoms with van der Waals surface area (Å²) in [6, 6.07) is 6.44. The monoisotopic (exact) mass is 264 g/mol. The average molecular weight is 264 g/mol. The molecule has 0 aliphatic carbocycles. The Bertz CT molecular complexity index is 422. The maximum atomic E-state index is 11.8. The van der Waals surface area contributed by atoms with Crippen LogP contribution in [-0.4, -0.2) is 17.7 Å². The number of phenolic OH excluding ortho intramolecular Hbond substituents is 1. The minimum Gasteiger partial charge on any atom is -0.507 e. The van der Waals surface area contributed by atoms with Gasteiger partial charge in [0.05, 0.1) is 6.61 Å². The first-order valence-corrected chi connectivity index (χ1v) is 6.77. The molecule has 0 aliphatic heterocycles. The molecule has 0 unspecified atom stereocenters. The number of para-hydroxylation sites is 1.